The molecule has 0 saturated carbocycles. The summed E-state index contributed by atoms with van der Waals surface area (Å²) >= 11 is 0. The highest BCUT2D eigenvalue weighted by Crippen LogP contribution is 2.28. The number of hydrogen-bond donors (Lipinski definition) is 1. The van der Waals surface area contributed by atoms with E-state index >= 15 is 0 Å². The number of rotatable bonds is 3. The summed E-state index contributed by atoms with van der Waals surface area (Å²) in [5.74, 6) is 0.917. The third-order valence-corrected chi connectivity index (χ3v) is 4.09. The molecular formula is C16H21N3O2. The number of benzene rings is 1. The minimum absolute atomic E-state index is 0.0332. The zero-order valence-corrected chi connectivity index (χ0v) is 12.6. The molecule has 1 aromatic heterocycles. The molecule has 1 fully saturated rings. The van der Waals surface area contributed by atoms with Gasteiger partial charge in [0.05, 0.1) is 19.8 Å². The maximum absolute atomic E-state index is 12.3. The van der Waals surface area contributed by atoms with Gasteiger partial charge in [0, 0.05) is 31.0 Å². The van der Waals surface area contributed by atoms with E-state index in [9.17, 15) is 4.79 Å². The van der Waals surface area contributed by atoms with E-state index in [0.717, 1.165) is 30.0 Å². The summed E-state index contributed by atoms with van der Waals surface area (Å²) in [6.45, 7) is 5.53. The van der Waals surface area contributed by atoms with Crippen LogP contribution < -0.4 is 5.32 Å². The van der Waals surface area contributed by atoms with Gasteiger partial charge >= 0.3 is 0 Å². The van der Waals surface area contributed by atoms with E-state index in [-0.39, 0.29) is 5.91 Å². The topological polar surface area (TPSA) is 46.5 Å². The highest BCUT2D eigenvalue weighted by atomic mass is 16.5. The van der Waals surface area contributed by atoms with Gasteiger partial charge in [-0.2, -0.15) is 0 Å². The highest BCUT2D eigenvalue weighted by molar-refractivity contribution is 5.98. The molecule has 1 aromatic carbocycles. The molecule has 21 heavy (non-hydrogen) atoms. The fraction of sp³-hybridized carbons (Fsp3) is 0.438. The van der Waals surface area contributed by atoms with Crippen LogP contribution in [0.4, 0.5) is 5.82 Å². The van der Waals surface area contributed by atoms with Crippen molar-refractivity contribution in [3.05, 3.63) is 29.8 Å². The van der Waals surface area contributed by atoms with Gasteiger partial charge in [0.2, 0.25) is 5.91 Å². The van der Waals surface area contributed by atoms with Crippen LogP contribution in [0.3, 0.4) is 0 Å². The van der Waals surface area contributed by atoms with Gasteiger partial charge in [0.25, 0.3) is 0 Å². The zero-order chi connectivity index (χ0) is 14.8. The van der Waals surface area contributed by atoms with E-state index in [1.165, 1.54) is 5.39 Å². The standard InChI is InChI=1S/C16H21N3O2/c1-12-13-5-3-4-6-14(13)18(2)16(12)17-15(20)11-19-7-9-21-10-8-19/h3-6H,7-11H2,1-2H3,(H,17,20). The van der Waals surface area contributed by atoms with Gasteiger partial charge in [-0.25, -0.2) is 0 Å². The molecule has 0 unspecified atom stereocenters. The second-order valence-electron chi connectivity index (χ2n) is 5.49. The summed E-state index contributed by atoms with van der Waals surface area (Å²) in [4.78, 5) is 14.4. The van der Waals surface area contributed by atoms with E-state index in [4.69, 9.17) is 4.74 Å². The smallest absolute Gasteiger partial charge is 0.239 e. The number of para-hydroxylation sites is 1. The number of nitrogens with zero attached hydrogens (tertiary/aromatic N) is 2. The quantitative estimate of drug-likeness (QED) is 0.935. The molecule has 5 nitrogen and oxygen atoms in total. The van der Waals surface area contributed by atoms with Crippen LogP contribution in [0.5, 0.6) is 0 Å². The van der Waals surface area contributed by atoms with Crippen molar-refractivity contribution in [1.29, 1.82) is 0 Å². The Balaban J connectivity index is 1.76. The van der Waals surface area contributed by atoms with Crippen LogP contribution in [0.25, 0.3) is 10.9 Å². The monoisotopic (exact) mass is 287 g/mol. The Hall–Kier alpha value is -1.85. The van der Waals surface area contributed by atoms with Gasteiger partial charge in [0.1, 0.15) is 5.82 Å². The van der Waals surface area contributed by atoms with Crippen LogP contribution in [0.15, 0.2) is 24.3 Å². The number of amides is 1. The summed E-state index contributed by atoms with van der Waals surface area (Å²) < 4.78 is 7.34. The van der Waals surface area contributed by atoms with Gasteiger partial charge in [-0.05, 0) is 18.6 Å². The molecule has 0 radical (unpaired) electrons. The van der Waals surface area contributed by atoms with Crippen LogP contribution in [-0.2, 0) is 16.6 Å². The Bertz CT molecular complexity index is 618. The molecule has 1 saturated heterocycles. The Morgan fingerprint density at radius 3 is 2.71 bits per heavy atom. The first-order valence-corrected chi connectivity index (χ1v) is 7.31. The number of nitrogens with one attached hydrogen (secondary N) is 1. The average molecular weight is 287 g/mol. The Labute approximate surface area is 124 Å². The summed E-state index contributed by atoms with van der Waals surface area (Å²) in [7, 11) is 1.99. The van der Waals surface area contributed by atoms with E-state index in [1.54, 1.807) is 0 Å². The number of ether oxygens (including phenoxy) is 1. The largest absolute Gasteiger partial charge is 0.379 e. The first-order chi connectivity index (χ1) is 10.2. The first kappa shape index (κ1) is 14.1. The van der Waals surface area contributed by atoms with Gasteiger partial charge in [-0.1, -0.05) is 18.2 Å². The Morgan fingerprint density at radius 1 is 1.29 bits per heavy atom. The van der Waals surface area contributed by atoms with Crippen molar-refractivity contribution in [3.63, 3.8) is 0 Å². The minimum Gasteiger partial charge on any atom is -0.379 e. The molecule has 0 spiro atoms. The lowest BCUT2D eigenvalue weighted by molar-refractivity contribution is -0.118. The molecule has 1 aliphatic heterocycles. The molecule has 1 amide bonds. The normalized spacial score (nSPS) is 16.3. The van der Waals surface area contributed by atoms with Crippen molar-refractivity contribution in [2.75, 3.05) is 38.2 Å². The second kappa shape index (κ2) is 5.87. The lowest BCUT2D eigenvalue weighted by Crippen LogP contribution is -2.41. The number of morpholine rings is 1. The van der Waals surface area contributed by atoms with Crippen LogP contribution in [-0.4, -0.2) is 48.2 Å². The van der Waals surface area contributed by atoms with Crippen molar-refractivity contribution in [1.82, 2.24) is 9.47 Å². The zero-order valence-electron chi connectivity index (χ0n) is 12.6. The van der Waals surface area contributed by atoms with Crippen LogP contribution in [0.1, 0.15) is 5.56 Å². The third-order valence-electron chi connectivity index (χ3n) is 4.09. The number of carbonyl (C=O) groups is 1. The molecule has 3 rings (SSSR count). The number of anilines is 1. The molecule has 0 aliphatic carbocycles. The number of aryl methyl sites for hydroxylation is 2. The SMILES string of the molecule is Cc1c(NC(=O)CN2CCOCC2)n(C)c2ccccc12. The maximum Gasteiger partial charge on any atom is 0.239 e. The van der Waals surface area contributed by atoms with Crippen LogP contribution in [0, 0.1) is 6.92 Å². The summed E-state index contributed by atoms with van der Waals surface area (Å²) in [5.41, 5.74) is 2.25. The number of carbonyl (C=O) groups excluding carboxylic acids is 1. The summed E-state index contributed by atoms with van der Waals surface area (Å²) in [6.07, 6.45) is 0. The fourth-order valence-corrected chi connectivity index (χ4v) is 2.89. The highest BCUT2D eigenvalue weighted by Gasteiger charge is 2.17. The molecule has 0 bridgehead atoms. The van der Waals surface area contributed by atoms with Gasteiger partial charge in [-0.3, -0.25) is 9.69 Å². The van der Waals surface area contributed by atoms with E-state index in [0.29, 0.717) is 19.8 Å². The number of hydrogen-bond acceptors (Lipinski definition) is 3. The van der Waals surface area contributed by atoms with Crippen molar-refractivity contribution in [3.8, 4) is 0 Å². The molecule has 112 valence electrons. The number of fused-ring (bicyclic) bond motifs is 1. The van der Waals surface area contributed by atoms with E-state index in [2.05, 4.69) is 22.3 Å². The molecular weight excluding hydrogens is 266 g/mol. The Morgan fingerprint density at radius 2 is 2.00 bits per heavy atom. The van der Waals surface area contributed by atoms with Crippen molar-refractivity contribution >= 4 is 22.6 Å². The molecule has 2 heterocycles. The van der Waals surface area contributed by atoms with E-state index < -0.39 is 0 Å². The third kappa shape index (κ3) is 2.80. The lowest BCUT2D eigenvalue weighted by Gasteiger charge is -2.25. The molecule has 2 aromatic rings. The minimum atomic E-state index is 0.0332. The average Bonchev–Trinajstić information content (AvgIpc) is 2.74. The Kier molecular flexibility index (Phi) is 3.94. The van der Waals surface area contributed by atoms with Gasteiger partial charge < -0.3 is 14.6 Å². The fourth-order valence-electron chi connectivity index (χ4n) is 2.89. The lowest BCUT2D eigenvalue weighted by atomic mass is 10.2. The molecule has 0 atom stereocenters. The molecule has 1 N–H and O–H groups in total. The summed E-state index contributed by atoms with van der Waals surface area (Å²) in [5, 5.41) is 4.24. The van der Waals surface area contributed by atoms with Gasteiger partial charge in [-0.15, -0.1) is 0 Å². The van der Waals surface area contributed by atoms with Gasteiger partial charge in [0.15, 0.2) is 0 Å². The first-order valence-electron chi connectivity index (χ1n) is 7.31. The molecule has 5 heteroatoms. The van der Waals surface area contributed by atoms with Crippen molar-refractivity contribution in [2.24, 2.45) is 7.05 Å². The number of aromatic nitrogens is 1. The second-order valence-corrected chi connectivity index (χ2v) is 5.49. The van der Waals surface area contributed by atoms with Crippen molar-refractivity contribution < 1.29 is 9.53 Å². The van der Waals surface area contributed by atoms with Crippen LogP contribution >= 0.6 is 0 Å². The predicted octanol–water partition coefficient (Wildman–Crippen LogP) is 1.76. The molecule has 1 aliphatic rings. The summed E-state index contributed by atoms with van der Waals surface area (Å²) in [6, 6.07) is 8.19. The van der Waals surface area contributed by atoms with Crippen LogP contribution in [0.2, 0.25) is 0 Å². The maximum atomic E-state index is 12.3. The van der Waals surface area contributed by atoms with Crippen molar-refractivity contribution in [2.45, 2.75) is 6.92 Å². The predicted molar refractivity (Wildman–Crippen MR) is 83.5 cm³/mol. The van der Waals surface area contributed by atoms with E-state index in [1.807, 2.05) is 30.7 Å².